The van der Waals surface area contributed by atoms with Gasteiger partial charge in [-0.3, -0.25) is 0 Å². The lowest BCUT2D eigenvalue weighted by molar-refractivity contribution is 0.493. The standard InChI is InChI=1S/C13H19NS/c1-10(13(2)8-9-13)14-11-4-6-12(15-3)7-5-11/h4-7,10,14H,8-9H2,1-3H3. The molecule has 0 aliphatic heterocycles. The van der Waals surface area contributed by atoms with Gasteiger partial charge in [-0.25, -0.2) is 0 Å². The average molecular weight is 221 g/mol. The van der Waals surface area contributed by atoms with Gasteiger partial charge in [-0.2, -0.15) is 0 Å². The van der Waals surface area contributed by atoms with Crippen LogP contribution in [0.25, 0.3) is 0 Å². The van der Waals surface area contributed by atoms with Crippen LogP contribution < -0.4 is 5.32 Å². The second-order valence-electron chi connectivity index (χ2n) is 4.75. The molecule has 1 N–H and O–H groups in total. The molecule has 0 saturated heterocycles. The van der Waals surface area contributed by atoms with Gasteiger partial charge in [0.05, 0.1) is 0 Å². The van der Waals surface area contributed by atoms with Gasteiger partial charge in [0.15, 0.2) is 0 Å². The highest BCUT2D eigenvalue weighted by Gasteiger charge is 2.42. The van der Waals surface area contributed by atoms with E-state index in [0.717, 1.165) is 0 Å². The highest BCUT2D eigenvalue weighted by molar-refractivity contribution is 7.98. The van der Waals surface area contributed by atoms with Crippen LogP contribution >= 0.6 is 11.8 Å². The molecule has 0 radical (unpaired) electrons. The molecule has 0 heterocycles. The van der Waals surface area contributed by atoms with Crippen molar-refractivity contribution in [1.82, 2.24) is 0 Å². The average Bonchev–Trinajstić information content (AvgIpc) is 2.99. The molecule has 1 aromatic carbocycles. The maximum Gasteiger partial charge on any atom is 0.0343 e. The fraction of sp³-hybridized carbons (Fsp3) is 0.538. The lowest BCUT2D eigenvalue weighted by Crippen LogP contribution is -2.24. The largest absolute Gasteiger partial charge is 0.382 e. The second kappa shape index (κ2) is 4.09. The summed E-state index contributed by atoms with van der Waals surface area (Å²) in [6, 6.07) is 9.28. The van der Waals surface area contributed by atoms with Crippen LogP contribution in [0.15, 0.2) is 29.2 Å². The molecule has 0 amide bonds. The molecule has 1 aromatic rings. The van der Waals surface area contributed by atoms with Crippen LogP contribution in [-0.4, -0.2) is 12.3 Å². The van der Waals surface area contributed by atoms with E-state index in [9.17, 15) is 0 Å². The summed E-state index contributed by atoms with van der Waals surface area (Å²) in [5.41, 5.74) is 1.78. The molecular weight excluding hydrogens is 202 g/mol. The maximum atomic E-state index is 3.59. The summed E-state index contributed by atoms with van der Waals surface area (Å²) in [5.74, 6) is 0. The SMILES string of the molecule is CSc1ccc(NC(C)C2(C)CC2)cc1. The first kappa shape index (κ1) is 10.9. The Morgan fingerprint density at radius 1 is 1.27 bits per heavy atom. The highest BCUT2D eigenvalue weighted by Crippen LogP contribution is 2.48. The topological polar surface area (TPSA) is 12.0 Å². The van der Waals surface area contributed by atoms with Crippen molar-refractivity contribution in [1.29, 1.82) is 0 Å². The molecule has 1 aliphatic rings. The molecule has 1 aliphatic carbocycles. The minimum Gasteiger partial charge on any atom is -0.382 e. The van der Waals surface area contributed by atoms with Crippen LogP contribution in [0.2, 0.25) is 0 Å². The minimum absolute atomic E-state index is 0.540. The molecule has 2 rings (SSSR count). The van der Waals surface area contributed by atoms with Crippen LogP contribution in [0.4, 0.5) is 5.69 Å². The molecule has 2 heteroatoms. The first-order valence-electron chi connectivity index (χ1n) is 5.55. The zero-order valence-electron chi connectivity index (χ0n) is 9.71. The number of anilines is 1. The lowest BCUT2D eigenvalue weighted by Gasteiger charge is -2.21. The number of hydrogen-bond acceptors (Lipinski definition) is 2. The molecule has 15 heavy (non-hydrogen) atoms. The molecule has 1 fully saturated rings. The summed E-state index contributed by atoms with van der Waals surface area (Å²) in [6.07, 6.45) is 4.84. The number of benzene rings is 1. The van der Waals surface area contributed by atoms with Crippen LogP contribution in [0.3, 0.4) is 0 Å². The molecule has 0 aromatic heterocycles. The van der Waals surface area contributed by atoms with Crippen molar-refractivity contribution < 1.29 is 0 Å². The van der Waals surface area contributed by atoms with Gasteiger partial charge in [0.25, 0.3) is 0 Å². The summed E-state index contributed by atoms with van der Waals surface area (Å²) >= 11 is 1.79. The van der Waals surface area contributed by atoms with Crippen molar-refractivity contribution in [2.24, 2.45) is 5.41 Å². The van der Waals surface area contributed by atoms with E-state index in [0.29, 0.717) is 11.5 Å². The first-order chi connectivity index (χ1) is 7.14. The fourth-order valence-electron chi connectivity index (χ4n) is 1.74. The zero-order valence-corrected chi connectivity index (χ0v) is 10.5. The van der Waals surface area contributed by atoms with E-state index in [-0.39, 0.29) is 0 Å². The Bertz CT molecular complexity index is 327. The van der Waals surface area contributed by atoms with Crippen LogP contribution in [-0.2, 0) is 0 Å². The van der Waals surface area contributed by atoms with Gasteiger partial charge >= 0.3 is 0 Å². The summed E-state index contributed by atoms with van der Waals surface area (Å²) in [5, 5.41) is 3.59. The Labute approximate surface area is 96.7 Å². The van der Waals surface area contributed by atoms with Crippen molar-refractivity contribution in [2.75, 3.05) is 11.6 Å². The second-order valence-corrected chi connectivity index (χ2v) is 5.63. The van der Waals surface area contributed by atoms with E-state index in [1.165, 1.54) is 23.4 Å². The number of hydrogen-bond donors (Lipinski definition) is 1. The summed E-state index contributed by atoms with van der Waals surface area (Å²) < 4.78 is 0. The number of rotatable bonds is 4. The van der Waals surface area contributed by atoms with Gasteiger partial charge in [-0.15, -0.1) is 11.8 Å². The number of thioether (sulfide) groups is 1. The van der Waals surface area contributed by atoms with Crippen molar-refractivity contribution in [2.45, 2.75) is 37.6 Å². The van der Waals surface area contributed by atoms with Gasteiger partial charge in [-0.05, 0) is 55.7 Å². The molecule has 1 saturated carbocycles. The van der Waals surface area contributed by atoms with Crippen molar-refractivity contribution in [3.8, 4) is 0 Å². The molecule has 1 nitrogen and oxygen atoms in total. The van der Waals surface area contributed by atoms with Crippen molar-refractivity contribution in [3.63, 3.8) is 0 Å². The van der Waals surface area contributed by atoms with E-state index in [1.54, 1.807) is 11.8 Å². The van der Waals surface area contributed by atoms with E-state index < -0.39 is 0 Å². The molecule has 0 spiro atoms. The number of nitrogens with one attached hydrogen (secondary N) is 1. The van der Waals surface area contributed by atoms with Gasteiger partial charge in [-0.1, -0.05) is 6.92 Å². The molecule has 82 valence electrons. The van der Waals surface area contributed by atoms with Crippen molar-refractivity contribution in [3.05, 3.63) is 24.3 Å². The Kier molecular flexibility index (Phi) is 2.96. The zero-order chi connectivity index (χ0) is 10.9. The van der Waals surface area contributed by atoms with Crippen LogP contribution in [0, 0.1) is 5.41 Å². The Balaban J connectivity index is 1.98. The van der Waals surface area contributed by atoms with E-state index in [2.05, 4.69) is 49.7 Å². The molecule has 1 unspecified atom stereocenters. The molecule has 0 bridgehead atoms. The summed E-state index contributed by atoms with van der Waals surface area (Å²) in [7, 11) is 0. The Morgan fingerprint density at radius 2 is 1.87 bits per heavy atom. The quantitative estimate of drug-likeness (QED) is 0.771. The van der Waals surface area contributed by atoms with E-state index >= 15 is 0 Å². The predicted octanol–water partition coefficient (Wildman–Crippen LogP) is 4.01. The molecule has 1 atom stereocenters. The third-order valence-electron chi connectivity index (χ3n) is 3.56. The monoisotopic (exact) mass is 221 g/mol. The Hall–Kier alpha value is -0.630. The van der Waals surface area contributed by atoms with Gasteiger partial charge < -0.3 is 5.32 Å². The lowest BCUT2D eigenvalue weighted by atomic mass is 10.0. The third kappa shape index (κ3) is 2.49. The normalized spacial score (nSPS) is 19.7. The minimum atomic E-state index is 0.540. The Morgan fingerprint density at radius 3 is 2.33 bits per heavy atom. The first-order valence-corrected chi connectivity index (χ1v) is 6.77. The van der Waals surface area contributed by atoms with Gasteiger partial charge in [0.2, 0.25) is 0 Å². The smallest absolute Gasteiger partial charge is 0.0343 e. The van der Waals surface area contributed by atoms with Crippen LogP contribution in [0.1, 0.15) is 26.7 Å². The van der Waals surface area contributed by atoms with Crippen LogP contribution in [0.5, 0.6) is 0 Å². The van der Waals surface area contributed by atoms with Crippen molar-refractivity contribution >= 4 is 17.4 Å². The van der Waals surface area contributed by atoms with E-state index in [1.807, 2.05) is 0 Å². The highest BCUT2D eigenvalue weighted by atomic mass is 32.2. The third-order valence-corrected chi connectivity index (χ3v) is 4.30. The van der Waals surface area contributed by atoms with Gasteiger partial charge in [0.1, 0.15) is 0 Å². The summed E-state index contributed by atoms with van der Waals surface area (Å²) in [6.45, 7) is 4.65. The predicted molar refractivity (Wildman–Crippen MR) is 68.6 cm³/mol. The van der Waals surface area contributed by atoms with E-state index in [4.69, 9.17) is 0 Å². The summed E-state index contributed by atoms with van der Waals surface area (Å²) in [4.78, 5) is 1.32. The fourth-order valence-corrected chi connectivity index (χ4v) is 2.15. The maximum absolute atomic E-state index is 3.59. The van der Waals surface area contributed by atoms with Gasteiger partial charge in [0, 0.05) is 16.6 Å². The molecular formula is C13H19NS.